The van der Waals surface area contributed by atoms with Crippen LogP contribution in [-0.2, 0) is 16.1 Å². The average molecular weight is 334 g/mol. The van der Waals surface area contributed by atoms with Crippen LogP contribution in [0.15, 0.2) is 58.9 Å². The number of para-hydroxylation sites is 2. The van der Waals surface area contributed by atoms with Gasteiger partial charge >= 0.3 is 5.97 Å². The van der Waals surface area contributed by atoms with Gasteiger partial charge in [0.1, 0.15) is 24.8 Å². The zero-order valence-electron chi connectivity index (χ0n) is 13.2. The van der Waals surface area contributed by atoms with Crippen molar-refractivity contribution in [2.75, 3.05) is 6.61 Å². The van der Waals surface area contributed by atoms with Gasteiger partial charge in [0.05, 0.1) is 16.5 Å². The number of fused-ring (bicyclic) bond motifs is 2. The number of H-pyrrole nitrogens is 1. The van der Waals surface area contributed by atoms with Gasteiger partial charge in [0.2, 0.25) is 0 Å². The second kappa shape index (κ2) is 6.24. The third-order valence-corrected chi connectivity index (χ3v) is 3.90. The van der Waals surface area contributed by atoms with E-state index in [1.165, 1.54) is 0 Å². The molecule has 3 aromatic rings. The predicted octanol–water partition coefficient (Wildman–Crippen LogP) is 2.44. The number of aromatic nitrogens is 2. The van der Waals surface area contributed by atoms with Crippen molar-refractivity contribution < 1.29 is 14.3 Å². The summed E-state index contributed by atoms with van der Waals surface area (Å²) in [5.41, 5.74) is 1.55. The van der Waals surface area contributed by atoms with E-state index in [-0.39, 0.29) is 18.8 Å². The monoisotopic (exact) mass is 334 g/mol. The molecule has 2 heterocycles. The quantitative estimate of drug-likeness (QED) is 0.744. The fraction of sp³-hybridized carbons (Fsp3) is 0.105. The van der Waals surface area contributed by atoms with E-state index < -0.39 is 5.97 Å². The lowest BCUT2D eigenvalue weighted by Crippen LogP contribution is -2.19. The largest absolute Gasteiger partial charge is 0.488 e. The number of benzene rings is 2. The lowest BCUT2D eigenvalue weighted by atomic mass is 10.1. The highest BCUT2D eigenvalue weighted by molar-refractivity contribution is 5.95. The first-order valence-electron chi connectivity index (χ1n) is 7.78. The first-order valence-corrected chi connectivity index (χ1v) is 7.78. The average Bonchev–Trinajstić information content (AvgIpc) is 2.66. The molecule has 0 unspecified atom stereocenters. The number of esters is 1. The third kappa shape index (κ3) is 3.01. The Morgan fingerprint density at radius 3 is 2.88 bits per heavy atom. The Labute approximate surface area is 142 Å². The molecular weight excluding hydrogens is 320 g/mol. The van der Waals surface area contributed by atoms with Gasteiger partial charge in [0, 0.05) is 5.56 Å². The Kier molecular flexibility index (Phi) is 3.78. The molecule has 0 bridgehead atoms. The van der Waals surface area contributed by atoms with Crippen LogP contribution >= 0.6 is 0 Å². The molecule has 6 heteroatoms. The number of nitrogens with zero attached hydrogens (tertiary/aromatic N) is 1. The van der Waals surface area contributed by atoms with E-state index in [1.807, 2.05) is 24.3 Å². The molecule has 6 nitrogen and oxygen atoms in total. The van der Waals surface area contributed by atoms with Gasteiger partial charge in [-0.15, -0.1) is 0 Å². The summed E-state index contributed by atoms with van der Waals surface area (Å²) in [5.74, 6) is 0.541. The third-order valence-electron chi connectivity index (χ3n) is 3.90. The van der Waals surface area contributed by atoms with Crippen LogP contribution in [-0.4, -0.2) is 22.5 Å². The summed E-state index contributed by atoms with van der Waals surface area (Å²) in [6.07, 6.45) is 1.75. The highest BCUT2D eigenvalue weighted by atomic mass is 16.5. The van der Waals surface area contributed by atoms with E-state index in [1.54, 1.807) is 30.3 Å². The second-order valence-corrected chi connectivity index (χ2v) is 5.60. The standard InChI is InChI=1S/C19H14N2O4/c22-18-14-6-2-3-7-15(14)20-17(21-18)11-25-19(23)13-9-12-5-1-4-8-16(12)24-10-13/h1-9H,10-11H2,(H,20,21,22). The molecule has 0 saturated heterocycles. The summed E-state index contributed by atoms with van der Waals surface area (Å²) in [4.78, 5) is 31.2. The molecule has 4 rings (SSSR count). The molecule has 1 N–H and O–H groups in total. The molecule has 1 aromatic heterocycles. The molecule has 1 aliphatic heterocycles. The summed E-state index contributed by atoms with van der Waals surface area (Å²) < 4.78 is 10.8. The van der Waals surface area contributed by atoms with Crippen molar-refractivity contribution in [3.05, 3.63) is 75.8 Å². The van der Waals surface area contributed by atoms with Crippen LogP contribution in [0.2, 0.25) is 0 Å². The molecule has 25 heavy (non-hydrogen) atoms. The smallest absolute Gasteiger partial charge is 0.337 e. The molecule has 0 spiro atoms. The summed E-state index contributed by atoms with van der Waals surface area (Å²) in [5, 5.41) is 0.498. The molecule has 124 valence electrons. The molecule has 0 aliphatic carbocycles. The Morgan fingerprint density at radius 1 is 1.16 bits per heavy atom. The number of carbonyl (C=O) groups is 1. The number of aromatic amines is 1. The number of rotatable bonds is 3. The van der Waals surface area contributed by atoms with Crippen molar-refractivity contribution in [2.24, 2.45) is 0 Å². The van der Waals surface area contributed by atoms with Crippen molar-refractivity contribution in [3.63, 3.8) is 0 Å². The summed E-state index contributed by atoms with van der Waals surface area (Å²) in [7, 11) is 0. The van der Waals surface area contributed by atoms with E-state index >= 15 is 0 Å². The van der Waals surface area contributed by atoms with Gasteiger partial charge in [-0.1, -0.05) is 30.3 Å². The van der Waals surface area contributed by atoms with Gasteiger partial charge in [-0.3, -0.25) is 4.79 Å². The van der Waals surface area contributed by atoms with Crippen molar-refractivity contribution in [2.45, 2.75) is 6.61 Å². The van der Waals surface area contributed by atoms with Gasteiger partial charge < -0.3 is 14.5 Å². The van der Waals surface area contributed by atoms with Gasteiger partial charge in [0.25, 0.3) is 5.56 Å². The molecule has 2 aromatic carbocycles. The van der Waals surface area contributed by atoms with Crippen LogP contribution in [0.25, 0.3) is 17.0 Å². The summed E-state index contributed by atoms with van der Waals surface area (Å²) in [6, 6.07) is 14.5. The van der Waals surface area contributed by atoms with E-state index in [0.29, 0.717) is 22.3 Å². The maximum atomic E-state index is 12.2. The van der Waals surface area contributed by atoms with Crippen LogP contribution < -0.4 is 10.3 Å². The van der Waals surface area contributed by atoms with Crippen LogP contribution in [0, 0.1) is 0 Å². The second-order valence-electron chi connectivity index (χ2n) is 5.60. The van der Waals surface area contributed by atoms with Gasteiger partial charge in [-0.2, -0.15) is 0 Å². The Morgan fingerprint density at radius 2 is 1.96 bits per heavy atom. The van der Waals surface area contributed by atoms with Crippen molar-refractivity contribution in [1.82, 2.24) is 9.97 Å². The number of ether oxygens (including phenoxy) is 2. The molecule has 0 saturated carbocycles. The minimum absolute atomic E-state index is 0.113. The first-order chi connectivity index (χ1) is 12.2. The molecule has 1 aliphatic rings. The lowest BCUT2D eigenvalue weighted by Gasteiger charge is -2.16. The molecule has 0 fully saturated rings. The number of hydrogen-bond acceptors (Lipinski definition) is 5. The number of carbonyl (C=O) groups excluding carboxylic acids is 1. The fourth-order valence-electron chi connectivity index (χ4n) is 2.66. The molecule has 0 radical (unpaired) electrons. The number of hydrogen-bond donors (Lipinski definition) is 1. The first kappa shape index (κ1) is 15.1. The molecular formula is C19H14N2O4. The zero-order chi connectivity index (χ0) is 17.2. The van der Waals surface area contributed by atoms with Crippen LogP contribution in [0.3, 0.4) is 0 Å². The number of nitrogens with one attached hydrogen (secondary N) is 1. The van der Waals surface area contributed by atoms with Gasteiger partial charge in [-0.05, 0) is 24.3 Å². The van der Waals surface area contributed by atoms with Crippen LogP contribution in [0.4, 0.5) is 0 Å². The van der Waals surface area contributed by atoms with Gasteiger partial charge in [-0.25, -0.2) is 9.78 Å². The predicted molar refractivity (Wildman–Crippen MR) is 92.1 cm³/mol. The maximum Gasteiger partial charge on any atom is 0.337 e. The highest BCUT2D eigenvalue weighted by Crippen LogP contribution is 2.26. The van der Waals surface area contributed by atoms with Gasteiger partial charge in [0.15, 0.2) is 0 Å². The minimum Gasteiger partial charge on any atom is -0.488 e. The molecule has 0 atom stereocenters. The van der Waals surface area contributed by atoms with Crippen molar-refractivity contribution >= 4 is 22.9 Å². The van der Waals surface area contributed by atoms with Crippen LogP contribution in [0.1, 0.15) is 11.4 Å². The van der Waals surface area contributed by atoms with E-state index in [4.69, 9.17) is 9.47 Å². The Bertz CT molecular complexity index is 1050. The SMILES string of the molecule is O=C(OCc1nc2ccccc2c(=O)[nH]1)C1=Cc2ccccc2OC1. The topological polar surface area (TPSA) is 81.3 Å². The summed E-state index contributed by atoms with van der Waals surface area (Å²) >= 11 is 0. The Balaban J connectivity index is 1.51. The van der Waals surface area contributed by atoms with Crippen molar-refractivity contribution in [1.29, 1.82) is 0 Å². The minimum atomic E-state index is -0.495. The Hall–Kier alpha value is -3.41. The van der Waals surface area contributed by atoms with E-state index in [9.17, 15) is 9.59 Å². The highest BCUT2D eigenvalue weighted by Gasteiger charge is 2.18. The van der Waals surface area contributed by atoms with E-state index in [2.05, 4.69) is 9.97 Å². The molecule has 0 amide bonds. The zero-order valence-corrected chi connectivity index (χ0v) is 13.2. The van der Waals surface area contributed by atoms with Crippen LogP contribution in [0.5, 0.6) is 5.75 Å². The van der Waals surface area contributed by atoms with Crippen molar-refractivity contribution in [3.8, 4) is 5.75 Å². The summed E-state index contributed by atoms with van der Waals surface area (Å²) in [6.45, 7) is 0.0371. The fourth-order valence-corrected chi connectivity index (χ4v) is 2.66. The lowest BCUT2D eigenvalue weighted by molar-refractivity contribution is -0.140. The maximum absolute atomic E-state index is 12.2. The normalized spacial score (nSPS) is 12.9. The van der Waals surface area contributed by atoms with E-state index in [0.717, 1.165) is 11.3 Å².